The van der Waals surface area contributed by atoms with E-state index in [0.29, 0.717) is 0 Å². The van der Waals surface area contributed by atoms with Gasteiger partial charge in [0.2, 0.25) is 0 Å². The first kappa shape index (κ1) is 13.0. The first-order chi connectivity index (χ1) is 7.93. The number of hydrogen-bond donors (Lipinski definition) is 0. The molecule has 0 N–H and O–H groups in total. The van der Waals surface area contributed by atoms with E-state index in [1.165, 1.54) is 5.56 Å². The minimum Gasteiger partial charge on any atom is -0.497 e. The molecule has 0 aromatic heterocycles. The van der Waals surface area contributed by atoms with Crippen LogP contribution >= 0.6 is 23.2 Å². The van der Waals surface area contributed by atoms with Crippen LogP contribution in [0.5, 0.6) is 5.75 Å². The molecule has 3 heteroatoms. The summed E-state index contributed by atoms with van der Waals surface area (Å²) in [6.07, 6.45) is 3.09. The molecule has 0 bridgehead atoms. The highest BCUT2D eigenvalue weighted by Gasteiger charge is 2.29. The van der Waals surface area contributed by atoms with Crippen molar-refractivity contribution in [2.24, 2.45) is 5.41 Å². The molecule has 1 aliphatic carbocycles. The quantitative estimate of drug-likeness (QED) is 0.517. The summed E-state index contributed by atoms with van der Waals surface area (Å²) in [5, 5.41) is 0.804. The van der Waals surface area contributed by atoms with Crippen LogP contribution in [0, 0.1) is 5.41 Å². The maximum absolute atomic E-state index is 6.52. The Hall–Kier alpha value is -0.400. The van der Waals surface area contributed by atoms with E-state index in [-0.39, 0.29) is 10.8 Å². The molecule has 17 heavy (non-hydrogen) atoms. The van der Waals surface area contributed by atoms with Crippen LogP contribution < -0.4 is 4.74 Å². The van der Waals surface area contributed by atoms with Gasteiger partial charge < -0.3 is 4.74 Å². The van der Waals surface area contributed by atoms with Gasteiger partial charge in [-0.05, 0) is 47.9 Å². The number of fused-ring (bicyclic) bond motifs is 1. The summed E-state index contributed by atoms with van der Waals surface area (Å²) in [4.78, 5) is 0. The van der Waals surface area contributed by atoms with Crippen molar-refractivity contribution in [1.82, 2.24) is 0 Å². The summed E-state index contributed by atoms with van der Waals surface area (Å²) < 4.78 is 5.26. The fourth-order valence-corrected chi connectivity index (χ4v) is 3.38. The normalized spacial score (nSPS) is 22.8. The molecular formula is C14H18Cl2O. The molecule has 0 heterocycles. The van der Waals surface area contributed by atoms with Gasteiger partial charge in [0.25, 0.3) is 0 Å². The van der Waals surface area contributed by atoms with Gasteiger partial charge in [0.05, 0.1) is 12.5 Å². The molecule has 0 saturated heterocycles. The molecule has 0 fully saturated rings. The second-order valence-corrected chi connectivity index (χ2v) is 6.45. The Balaban J connectivity index is 2.47. The lowest BCUT2D eigenvalue weighted by molar-refractivity contribution is 0.313. The smallest absolute Gasteiger partial charge is 0.120 e. The number of hydrogen-bond acceptors (Lipinski definition) is 1. The zero-order valence-electron chi connectivity index (χ0n) is 10.5. The second kappa shape index (κ2) is 4.70. The molecule has 0 spiro atoms. The minimum atomic E-state index is 0.0232. The number of alkyl halides is 1. The van der Waals surface area contributed by atoms with E-state index in [4.69, 9.17) is 27.9 Å². The number of benzene rings is 1. The van der Waals surface area contributed by atoms with Crippen molar-refractivity contribution in [1.29, 1.82) is 0 Å². The van der Waals surface area contributed by atoms with Crippen molar-refractivity contribution in [3.63, 3.8) is 0 Å². The van der Waals surface area contributed by atoms with Gasteiger partial charge in [-0.3, -0.25) is 0 Å². The average molecular weight is 273 g/mol. The molecule has 2 rings (SSSR count). The van der Waals surface area contributed by atoms with Gasteiger partial charge in [-0.1, -0.05) is 25.4 Å². The average Bonchev–Trinajstić information content (AvgIpc) is 2.36. The van der Waals surface area contributed by atoms with Crippen LogP contribution in [-0.4, -0.2) is 7.11 Å². The molecule has 1 atom stereocenters. The van der Waals surface area contributed by atoms with Crippen molar-refractivity contribution in [3.05, 3.63) is 28.3 Å². The first-order valence-electron chi connectivity index (χ1n) is 5.93. The maximum Gasteiger partial charge on any atom is 0.120 e. The molecule has 94 valence electrons. The Morgan fingerprint density at radius 2 is 2.06 bits per heavy atom. The SMILES string of the molecule is COc1cc(Cl)c2c(c1)C(Cl)CC(C)(C)CC2. The molecular weight excluding hydrogens is 255 g/mol. The largest absolute Gasteiger partial charge is 0.497 e. The van der Waals surface area contributed by atoms with Gasteiger partial charge >= 0.3 is 0 Å². The highest BCUT2D eigenvalue weighted by molar-refractivity contribution is 6.32. The van der Waals surface area contributed by atoms with E-state index in [2.05, 4.69) is 13.8 Å². The Morgan fingerprint density at radius 1 is 1.35 bits per heavy atom. The lowest BCUT2D eigenvalue weighted by Crippen LogP contribution is -2.11. The Kier molecular flexibility index (Phi) is 3.61. The maximum atomic E-state index is 6.52. The van der Waals surface area contributed by atoms with Crippen molar-refractivity contribution in [2.45, 2.75) is 38.5 Å². The Labute approximate surface area is 113 Å². The molecule has 1 unspecified atom stereocenters. The highest BCUT2D eigenvalue weighted by atomic mass is 35.5. The predicted molar refractivity (Wildman–Crippen MR) is 73.3 cm³/mol. The third-order valence-corrected chi connectivity index (χ3v) is 4.29. The summed E-state index contributed by atoms with van der Waals surface area (Å²) in [6.45, 7) is 4.53. The van der Waals surface area contributed by atoms with Crippen molar-refractivity contribution in [3.8, 4) is 5.75 Å². The summed E-state index contributed by atoms with van der Waals surface area (Å²) in [6, 6.07) is 3.91. The highest BCUT2D eigenvalue weighted by Crippen LogP contribution is 2.45. The monoisotopic (exact) mass is 272 g/mol. The van der Waals surface area contributed by atoms with E-state index in [1.54, 1.807) is 7.11 Å². The van der Waals surface area contributed by atoms with Crippen molar-refractivity contribution < 1.29 is 4.74 Å². The molecule has 1 nitrogen and oxygen atoms in total. The van der Waals surface area contributed by atoms with Gasteiger partial charge in [0, 0.05) is 5.02 Å². The minimum absolute atomic E-state index is 0.0232. The summed E-state index contributed by atoms with van der Waals surface area (Å²) in [5.74, 6) is 0.791. The Bertz CT molecular complexity index is 426. The number of ether oxygens (including phenoxy) is 1. The lowest BCUT2D eigenvalue weighted by Gasteiger charge is -2.23. The zero-order valence-corrected chi connectivity index (χ0v) is 12.0. The molecule has 1 aromatic rings. The van der Waals surface area contributed by atoms with Crippen LogP contribution in [0.25, 0.3) is 0 Å². The van der Waals surface area contributed by atoms with Crippen LogP contribution in [0.2, 0.25) is 5.02 Å². The van der Waals surface area contributed by atoms with E-state index in [0.717, 1.165) is 35.6 Å². The van der Waals surface area contributed by atoms with Crippen LogP contribution in [0.15, 0.2) is 12.1 Å². The number of rotatable bonds is 1. The predicted octanol–water partition coefficient (Wildman–Crippen LogP) is 4.99. The van der Waals surface area contributed by atoms with Gasteiger partial charge in [-0.15, -0.1) is 11.6 Å². The molecule has 1 aromatic carbocycles. The zero-order chi connectivity index (χ0) is 12.6. The molecule has 0 aliphatic heterocycles. The van der Waals surface area contributed by atoms with E-state index < -0.39 is 0 Å². The topological polar surface area (TPSA) is 9.23 Å². The fourth-order valence-electron chi connectivity index (χ4n) is 2.45. The van der Waals surface area contributed by atoms with Crippen LogP contribution in [0.3, 0.4) is 0 Å². The second-order valence-electron chi connectivity index (χ2n) is 5.51. The third kappa shape index (κ3) is 2.71. The van der Waals surface area contributed by atoms with E-state index in [9.17, 15) is 0 Å². The summed E-state index contributed by atoms with van der Waals surface area (Å²) in [7, 11) is 1.65. The molecule has 0 radical (unpaired) electrons. The molecule has 1 aliphatic rings. The molecule has 0 saturated carbocycles. The van der Waals surface area contributed by atoms with Crippen molar-refractivity contribution >= 4 is 23.2 Å². The fraction of sp³-hybridized carbons (Fsp3) is 0.571. The number of halogens is 2. The van der Waals surface area contributed by atoms with Gasteiger partial charge in [-0.2, -0.15) is 0 Å². The van der Waals surface area contributed by atoms with Crippen LogP contribution in [0.1, 0.15) is 43.2 Å². The van der Waals surface area contributed by atoms with Crippen molar-refractivity contribution in [2.75, 3.05) is 7.11 Å². The van der Waals surface area contributed by atoms with Crippen LogP contribution in [0.4, 0.5) is 0 Å². The summed E-state index contributed by atoms with van der Waals surface area (Å²) >= 11 is 12.8. The summed E-state index contributed by atoms with van der Waals surface area (Å²) in [5.41, 5.74) is 2.60. The molecule has 0 amide bonds. The van der Waals surface area contributed by atoms with Crippen LogP contribution in [-0.2, 0) is 6.42 Å². The standard InChI is InChI=1S/C14H18Cl2O/c1-14(2)5-4-10-11(13(16)8-14)6-9(17-3)7-12(10)15/h6-7,13H,4-5,8H2,1-3H3. The van der Waals surface area contributed by atoms with Gasteiger partial charge in [0.15, 0.2) is 0 Å². The Morgan fingerprint density at radius 3 is 2.71 bits per heavy atom. The van der Waals surface area contributed by atoms with Gasteiger partial charge in [-0.25, -0.2) is 0 Å². The third-order valence-electron chi connectivity index (χ3n) is 3.56. The first-order valence-corrected chi connectivity index (χ1v) is 6.75. The van der Waals surface area contributed by atoms with E-state index in [1.807, 2.05) is 12.1 Å². The lowest BCUT2D eigenvalue weighted by atomic mass is 9.84. The van der Waals surface area contributed by atoms with E-state index >= 15 is 0 Å². The number of methoxy groups -OCH3 is 1. The van der Waals surface area contributed by atoms with Gasteiger partial charge in [0.1, 0.15) is 5.75 Å².